The second-order valence-corrected chi connectivity index (χ2v) is 4.45. The molecule has 1 unspecified atom stereocenters. The number of carbonyl (C=O) groups excluding carboxylic acids is 1. The van der Waals surface area contributed by atoms with E-state index < -0.39 is 4.92 Å². The molecular weight excluding hydrogens is 258 g/mol. The quantitative estimate of drug-likeness (QED) is 0.357. The van der Waals surface area contributed by atoms with Gasteiger partial charge in [0.15, 0.2) is 0 Å². The van der Waals surface area contributed by atoms with Gasteiger partial charge in [-0.2, -0.15) is 0 Å². The van der Waals surface area contributed by atoms with Crippen LogP contribution in [0.1, 0.15) is 18.5 Å². The van der Waals surface area contributed by atoms with E-state index in [0.717, 1.165) is 5.56 Å². The first-order valence-corrected chi connectivity index (χ1v) is 6.29. The number of nitro benzene ring substituents is 1. The Labute approximate surface area is 118 Å². The van der Waals surface area contributed by atoms with Gasteiger partial charge >= 0.3 is 0 Å². The highest BCUT2D eigenvalue weighted by Crippen LogP contribution is 2.22. The average Bonchev–Trinajstić information content (AvgIpc) is 2.45. The van der Waals surface area contributed by atoms with E-state index in [2.05, 4.69) is 11.9 Å². The van der Waals surface area contributed by atoms with E-state index >= 15 is 0 Å². The number of non-ortho nitro benzene ring substituents is 1. The predicted octanol–water partition coefficient (Wildman–Crippen LogP) is 1.89. The lowest BCUT2D eigenvalue weighted by molar-refractivity contribution is -0.384. The molecule has 0 aliphatic heterocycles. The highest BCUT2D eigenvalue weighted by molar-refractivity contribution is 5.78. The number of nitro groups is 1. The van der Waals surface area contributed by atoms with Crippen LogP contribution in [0.2, 0.25) is 0 Å². The highest BCUT2D eigenvalue weighted by Gasteiger charge is 2.18. The van der Waals surface area contributed by atoms with Crippen molar-refractivity contribution in [1.29, 1.82) is 0 Å². The number of nitrogens with one attached hydrogen (secondary N) is 1. The summed E-state index contributed by atoms with van der Waals surface area (Å²) in [4.78, 5) is 23.8. The van der Waals surface area contributed by atoms with Crippen LogP contribution >= 0.6 is 0 Å². The Kier molecular flexibility index (Phi) is 5.86. The maximum Gasteiger partial charge on any atom is 0.269 e. The average molecular weight is 277 g/mol. The van der Waals surface area contributed by atoms with Gasteiger partial charge in [0.05, 0.1) is 17.5 Å². The van der Waals surface area contributed by atoms with Gasteiger partial charge in [-0.25, -0.2) is 0 Å². The Morgan fingerprint density at radius 2 is 2.30 bits per heavy atom. The Morgan fingerprint density at radius 3 is 2.90 bits per heavy atom. The largest absolute Gasteiger partial charge is 0.338 e. The molecule has 0 saturated heterocycles. The minimum absolute atomic E-state index is 0.0278. The van der Waals surface area contributed by atoms with Crippen molar-refractivity contribution in [2.45, 2.75) is 13.0 Å². The number of likely N-dealkylation sites (N-methyl/N-ethyl adjacent to an activating group) is 1. The minimum Gasteiger partial charge on any atom is -0.338 e. The Balaban J connectivity index is 2.75. The summed E-state index contributed by atoms with van der Waals surface area (Å²) in [5.74, 6) is -0.0779. The van der Waals surface area contributed by atoms with E-state index in [4.69, 9.17) is 0 Å². The first-order chi connectivity index (χ1) is 9.47. The maximum absolute atomic E-state index is 11.9. The summed E-state index contributed by atoms with van der Waals surface area (Å²) in [6.45, 7) is 6.17. The number of amides is 1. The summed E-state index contributed by atoms with van der Waals surface area (Å²) in [6, 6.07) is 6.10. The second kappa shape index (κ2) is 7.40. The number of benzene rings is 1. The molecule has 6 nitrogen and oxygen atoms in total. The maximum atomic E-state index is 11.9. The van der Waals surface area contributed by atoms with Crippen LogP contribution in [0.3, 0.4) is 0 Å². The van der Waals surface area contributed by atoms with Crippen LogP contribution in [0, 0.1) is 10.1 Å². The van der Waals surface area contributed by atoms with E-state index in [0.29, 0.717) is 6.54 Å². The van der Waals surface area contributed by atoms with Crippen molar-refractivity contribution in [3.05, 3.63) is 52.6 Å². The molecular formula is C14H19N3O3. The van der Waals surface area contributed by atoms with Crippen LogP contribution in [0.25, 0.3) is 0 Å². The molecule has 0 saturated carbocycles. The fourth-order valence-corrected chi connectivity index (χ4v) is 1.74. The fourth-order valence-electron chi connectivity index (χ4n) is 1.74. The summed E-state index contributed by atoms with van der Waals surface area (Å²) >= 11 is 0. The van der Waals surface area contributed by atoms with Crippen molar-refractivity contribution in [2.24, 2.45) is 0 Å². The molecule has 0 heterocycles. The first-order valence-electron chi connectivity index (χ1n) is 6.29. The smallest absolute Gasteiger partial charge is 0.269 e. The van der Waals surface area contributed by atoms with Crippen LogP contribution in [0.15, 0.2) is 36.9 Å². The van der Waals surface area contributed by atoms with Gasteiger partial charge in [0, 0.05) is 25.7 Å². The summed E-state index contributed by atoms with van der Waals surface area (Å²) in [5, 5.41) is 13.7. The van der Waals surface area contributed by atoms with Gasteiger partial charge in [0.1, 0.15) is 0 Å². The zero-order valence-electron chi connectivity index (χ0n) is 11.7. The van der Waals surface area contributed by atoms with E-state index in [1.165, 1.54) is 12.1 Å². The van der Waals surface area contributed by atoms with Gasteiger partial charge in [0.2, 0.25) is 5.91 Å². The number of hydrogen-bond donors (Lipinski definition) is 1. The second-order valence-electron chi connectivity index (χ2n) is 4.45. The number of rotatable bonds is 7. The molecule has 0 fully saturated rings. The third-order valence-electron chi connectivity index (χ3n) is 3.10. The molecule has 6 heteroatoms. The zero-order valence-corrected chi connectivity index (χ0v) is 11.7. The molecule has 1 N–H and O–H groups in total. The highest BCUT2D eigenvalue weighted by atomic mass is 16.6. The van der Waals surface area contributed by atoms with Gasteiger partial charge in [-0.05, 0) is 12.5 Å². The van der Waals surface area contributed by atoms with Crippen LogP contribution in [-0.4, -0.2) is 35.9 Å². The van der Waals surface area contributed by atoms with Gasteiger partial charge < -0.3 is 10.2 Å². The summed E-state index contributed by atoms with van der Waals surface area (Å²) in [7, 11) is 1.68. The van der Waals surface area contributed by atoms with Crippen LogP contribution in [-0.2, 0) is 4.79 Å². The van der Waals surface area contributed by atoms with Crippen molar-refractivity contribution in [2.75, 3.05) is 20.1 Å². The molecule has 108 valence electrons. The molecule has 1 aromatic carbocycles. The van der Waals surface area contributed by atoms with Crippen LogP contribution < -0.4 is 5.32 Å². The summed E-state index contributed by atoms with van der Waals surface area (Å²) in [5.41, 5.74) is 0.763. The molecule has 0 bridgehead atoms. The summed E-state index contributed by atoms with van der Waals surface area (Å²) in [6.07, 6.45) is 1.68. The SMILES string of the molecule is C=CCNCC(=O)N(C)C(C)c1cccc([N+](=O)[O-])c1. The first kappa shape index (κ1) is 15.8. The molecule has 0 radical (unpaired) electrons. The Hall–Kier alpha value is -2.21. The zero-order chi connectivity index (χ0) is 15.1. The van der Waals surface area contributed by atoms with Crippen molar-refractivity contribution >= 4 is 11.6 Å². The number of carbonyl (C=O) groups is 1. The van der Waals surface area contributed by atoms with Crippen molar-refractivity contribution in [3.8, 4) is 0 Å². The molecule has 0 aliphatic carbocycles. The van der Waals surface area contributed by atoms with E-state index in [9.17, 15) is 14.9 Å². The van der Waals surface area contributed by atoms with E-state index in [1.807, 2.05) is 6.92 Å². The molecule has 1 amide bonds. The van der Waals surface area contributed by atoms with Crippen molar-refractivity contribution in [1.82, 2.24) is 10.2 Å². The third-order valence-corrected chi connectivity index (χ3v) is 3.10. The van der Waals surface area contributed by atoms with Crippen LogP contribution in [0.4, 0.5) is 5.69 Å². The van der Waals surface area contributed by atoms with Crippen molar-refractivity contribution in [3.63, 3.8) is 0 Å². The molecule has 20 heavy (non-hydrogen) atoms. The minimum atomic E-state index is -0.441. The molecule has 0 aliphatic rings. The molecule has 1 rings (SSSR count). The van der Waals surface area contributed by atoms with E-state index in [1.54, 1.807) is 30.2 Å². The molecule has 0 spiro atoms. The fraction of sp³-hybridized carbons (Fsp3) is 0.357. The van der Waals surface area contributed by atoms with Gasteiger partial charge in [-0.15, -0.1) is 6.58 Å². The van der Waals surface area contributed by atoms with Gasteiger partial charge in [-0.1, -0.05) is 18.2 Å². The normalized spacial score (nSPS) is 11.7. The third kappa shape index (κ3) is 4.17. The van der Waals surface area contributed by atoms with Gasteiger partial charge in [-0.3, -0.25) is 14.9 Å². The van der Waals surface area contributed by atoms with E-state index in [-0.39, 0.29) is 24.2 Å². The monoisotopic (exact) mass is 277 g/mol. The summed E-state index contributed by atoms with van der Waals surface area (Å²) < 4.78 is 0. The Morgan fingerprint density at radius 1 is 1.60 bits per heavy atom. The van der Waals surface area contributed by atoms with Crippen molar-refractivity contribution < 1.29 is 9.72 Å². The number of hydrogen-bond acceptors (Lipinski definition) is 4. The predicted molar refractivity (Wildman–Crippen MR) is 77.3 cm³/mol. The lowest BCUT2D eigenvalue weighted by Crippen LogP contribution is -2.37. The van der Waals surface area contributed by atoms with Crippen LogP contribution in [0.5, 0.6) is 0 Å². The lowest BCUT2D eigenvalue weighted by atomic mass is 10.1. The molecule has 0 aromatic heterocycles. The standard InChI is InChI=1S/C14H19N3O3/c1-4-8-15-10-14(18)16(3)11(2)12-6-5-7-13(9-12)17(19)20/h4-7,9,11,15H,1,8,10H2,2-3H3. The lowest BCUT2D eigenvalue weighted by Gasteiger charge is -2.25. The molecule has 1 atom stereocenters. The topological polar surface area (TPSA) is 75.5 Å². The van der Waals surface area contributed by atoms with Gasteiger partial charge in [0.25, 0.3) is 5.69 Å². The Bertz CT molecular complexity index is 502. The number of nitrogens with zero attached hydrogens (tertiary/aromatic N) is 2. The molecule has 1 aromatic rings.